The fraction of sp³-hybridized carbons (Fsp3) is 0.625. The predicted molar refractivity (Wildman–Crippen MR) is 87.5 cm³/mol. The normalized spacial score (nSPS) is 16.4. The Morgan fingerprint density at radius 2 is 2.00 bits per heavy atom. The number of likely N-dealkylation sites (tertiary alicyclic amines) is 1. The minimum Gasteiger partial charge on any atom is -0.479 e. The summed E-state index contributed by atoms with van der Waals surface area (Å²) < 4.78 is 1.28. The van der Waals surface area contributed by atoms with Gasteiger partial charge in [0, 0.05) is 19.2 Å². The molecule has 0 spiro atoms. The van der Waals surface area contributed by atoms with Crippen molar-refractivity contribution < 1.29 is 19.5 Å². The Hall–Kier alpha value is -2.38. The van der Waals surface area contributed by atoms with Gasteiger partial charge in [0.25, 0.3) is 0 Å². The summed E-state index contributed by atoms with van der Waals surface area (Å²) in [5.74, 6) is -1.32. The van der Waals surface area contributed by atoms with Gasteiger partial charge in [-0.05, 0) is 26.7 Å². The van der Waals surface area contributed by atoms with Crippen LogP contribution in [0.5, 0.6) is 0 Å². The Morgan fingerprint density at radius 1 is 1.29 bits per heavy atom. The van der Waals surface area contributed by atoms with Gasteiger partial charge >= 0.3 is 5.97 Å². The number of carbonyl (C=O) groups excluding carboxylic acids is 2. The standard InChI is InChI=1S/C16H24N4O4/c1-16(2,15(23)24)20-10-12(9-17-20)18-13(21)11-19-8-6-4-3-5-7-14(19)22/h9-10H,3-8,11H2,1-2H3,(H,18,21)(H,23,24). The number of rotatable bonds is 5. The van der Waals surface area contributed by atoms with E-state index >= 15 is 0 Å². The molecular weight excluding hydrogens is 312 g/mol. The maximum Gasteiger partial charge on any atom is 0.331 e. The molecule has 1 aliphatic heterocycles. The Bertz CT molecular complexity index is 623. The van der Waals surface area contributed by atoms with Crippen molar-refractivity contribution in [1.29, 1.82) is 0 Å². The van der Waals surface area contributed by atoms with Gasteiger partial charge in [0.2, 0.25) is 11.8 Å². The van der Waals surface area contributed by atoms with E-state index in [2.05, 4.69) is 10.4 Å². The minimum atomic E-state index is -1.21. The van der Waals surface area contributed by atoms with E-state index in [0.717, 1.165) is 25.7 Å². The highest BCUT2D eigenvalue weighted by atomic mass is 16.4. The summed E-state index contributed by atoms with van der Waals surface area (Å²) in [6.07, 6.45) is 7.27. The lowest BCUT2D eigenvalue weighted by molar-refractivity contribution is -0.146. The molecule has 1 saturated heterocycles. The van der Waals surface area contributed by atoms with E-state index in [0.29, 0.717) is 18.7 Å². The second-order valence-electron chi connectivity index (χ2n) is 6.57. The van der Waals surface area contributed by atoms with Gasteiger partial charge < -0.3 is 15.3 Å². The molecular formula is C16H24N4O4. The number of carboxylic acids is 1. The van der Waals surface area contributed by atoms with Crippen molar-refractivity contribution >= 4 is 23.5 Å². The molecule has 0 aromatic carbocycles. The molecule has 1 aliphatic rings. The van der Waals surface area contributed by atoms with Crippen LogP contribution in [-0.4, -0.2) is 50.7 Å². The lowest BCUT2D eigenvalue weighted by atomic mass is 10.1. The topological polar surface area (TPSA) is 105 Å². The summed E-state index contributed by atoms with van der Waals surface area (Å²) in [6.45, 7) is 3.64. The van der Waals surface area contributed by atoms with Gasteiger partial charge in [-0.2, -0.15) is 5.10 Å². The van der Waals surface area contributed by atoms with E-state index in [4.69, 9.17) is 0 Å². The molecule has 132 valence electrons. The molecule has 0 unspecified atom stereocenters. The zero-order valence-corrected chi connectivity index (χ0v) is 14.1. The lowest BCUT2D eigenvalue weighted by Gasteiger charge is -2.24. The number of nitrogens with one attached hydrogen (secondary N) is 1. The van der Waals surface area contributed by atoms with Crippen molar-refractivity contribution in [2.24, 2.45) is 0 Å². The number of carbonyl (C=O) groups is 3. The van der Waals surface area contributed by atoms with E-state index < -0.39 is 11.5 Å². The molecule has 2 heterocycles. The second-order valence-corrected chi connectivity index (χ2v) is 6.57. The summed E-state index contributed by atoms with van der Waals surface area (Å²) in [4.78, 5) is 37.0. The first-order valence-electron chi connectivity index (χ1n) is 8.17. The van der Waals surface area contributed by atoms with Crippen LogP contribution in [0.1, 0.15) is 46.0 Å². The van der Waals surface area contributed by atoms with Gasteiger partial charge in [-0.25, -0.2) is 4.79 Å². The van der Waals surface area contributed by atoms with Crippen molar-refractivity contribution in [3.05, 3.63) is 12.4 Å². The zero-order chi connectivity index (χ0) is 17.7. The quantitative estimate of drug-likeness (QED) is 0.846. The molecule has 8 heteroatoms. The molecule has 0 radical (unpaired) electrons. The first-order chi connectivity index (χ1) is 11.3. The number of hydrogen-bond acceptors (Lipinski definition) is 4. The van der Waals surface area contributed by atoms with Crippen LogP contribution in [0.4, 0.5) is 5.69 Å². The molecule has 2 rings (SSSR count). The number of nitrogens with zero attached hydrogens (tertiary/aromatic N) is 3. The van der Waals surface area contributed by atoms with Crippen molar-refractivity contribution in [3.63, 3.8) is 0 Å². The molecule has 0 saturated carbocycles. The first-order valence-corrected chi connectivity index (χ1v) is 8.17. The smallest absolute Gasteiger partial charge is 0.331 e. The Morgan fingerprint density at radius 3 is 2.71 bits per heavy atom. The van der Waals surface area contributed by atoms with Crippen molar-refractivity contribution in [1.82, 2.24) is 14.7 Å². The Balaban J connectivity index is 1.96. The summed E-state index contributed by atoms with van der Waals surface area (Å²) in [6, 6.07) is 0. The molecule has 0 bridgehead atoms. The number of hydrogen-bond donors (Lipinski definition) is 2. The monoisotopic (exact) mass is 336 g/mol. The number of carboxylic acid groups (broad SMARTS) is 1. The molecule has 24 heavy (non-hydrogen) atoms. The highest BCUT2D eigenvalue weighted by molar-refractivity contribution is 5.94. The third kappa shape index (κ3) is 4.33. The fourth-order valence-electron chi connectivity index (χ4n) is 2.55. The first kappa shape index (κ1) is 18.0. The van der Waals surface area contributed by atoms with E-state index in [-0.39, 0.29) is 18.4 Å². The number of anilines is 1. The highest BCUT2D eigenvalue weighted by Gasteiger charge is 2.30. The summed E-state index contributed by atoms with van der Waals surface area (Å²) in [5, 5.41) is 15.8. The predicted octanol–water partition coefficient (Wildman–Crippen LogP) is 1.43. The third-order valence-corrected chi connectivity index (χ3v) is 4.22. The van der Waals surface area contributed by atoms with Crippen LogP contribution in [-0.2, 0) is 19.9 Å². The maximum absolute atomic E-state index is 12.2. The Kier molecular flexibility index (Phi) is 5.58. The van der Waals surface area contributed by atoms with Crippen LogP contribution >= 0.6 is 0 Å². The van der Waals surface area contributed by atoms with Crippen LogP contribution in [0.3, 0.4) is 0 Å². The fourth-order valence-corrected chi connectivity index (χ4v) is 2.55. The molecule has 1 fully saturated rings. The minimum absolute atomic E-state index is 0.00629. The third-order valence-electron chi connectivity index (χ3n) is 4.22. The molecule has 1 aromatic rings. The van der Waals surface area contributed by atoms with E-state index in [1.165, 1.54) is 30.9 Å². The summed E-state index contributed by atoms with van der Waals surface area (Å²) in [7, 11) is 0. The molecule has 8 nitrogen and oxygen atoms in total. The summed E-state index contributed by atoms with van der Waals surface area (Å²) >= 11 is 0. The number of aliphatic carboxylic acids is 1. The Labute approximate surface area is 140 Å². The average Bonchev–Trinajstić information content (AvgIpc) is 2.96. The van der Waals surface area contributed by atoms with Crippen LogP contribution in [0.2, 0.25) is 0 Å². The van der Waals surface area contributed by atoms with Gasteiger partial charge in [-0.1, -0.05) is 12.8 Å². The van der Waals surface area contributed by atoms with Gasteiger partial charge in [0.15, 0.2) is 5.54 Å². The van der Waals surface area contributed by atoms with Crippen LogP contribution < -0.4 is 5.32 Å². The number of amides is 2. The van der Waals surface area contributed by atoms with E-state index in [1.54, 1.807) is 4.90 Å². The maximum atomic E-state index is 12.2. The van der Waals surface area contributed by atoms with E-state index in [1.807, 2.05) is 0 Å². The SMILES string of the molecule is CC(C)(C(=O)O)n1cc(NC(=O)CN2CCCCCCC2=O)cn1. The van der Waals surface area contributed by atoms with Crippen molar-refractivity contribution in [3.8, 4) is 0 Å². The van der Waals surface area contributed by atoms with Crippen molar-refractivity contribution in [2.75, 3.05) is 18.4 Å². The molecule has 2 amide bonds. The lowest BCUT2D eigenvalue weighted by Crippen LogP contribution is -2.39. The molecule has 0 aliphatic carbocycles. The zero-order valence-electron chi connectivity index (χ0n) is 14.1. The van der Waals surface area contributed by atoms with Gasteiger partial charge in [-0.3, -0.25) is 14.3 Å². The van der Waals surface area contributed by atoms with E-state index in [9.17, 15) is 19.5 Å². The van der Waals surface area contributed by atoms with Gasteiger partial charge in [0.05, 0.1) is 18.4 Å². The van der Waals surface area contributed by atoms with Crippen LogP contribution in [0.25, 0.3) is 0 Å². The molecule has 1 aromatic heterocycles. The molecule has 2 N–H and O–H groups in total. The van der Waals surface area contributed by atoms with Gasteiger partial charge in [0.1, 0.15) is 0 Å². The van der Waals surface area contributed by atoms with Crippen molar-refractivity contribution in [2.45, 2.75) is 51.5 Å². The largest absolute Gasteiger partial charge is 0.479 e. The number of aromatic nitrogens is 2. The summed E-state index contributed by atoms with van der Waals surface area (Å²) in [5.41, 5.74) is -0.795. The van der Waals surface area contributed by atoms with Crippen LogP contribution in [0, 0.1) is 0 Å². The van der Waals surface area contributed by atoms with Crippen LogP contribution in [0.15, 0.2) is 12.4 Å². The highest BCUT2D eigenvalue weighted by Crippen LogP contribution is 2.17. The average molecular weight is 336 g/mol. The second kappa shape index (κ2) is 7.46. The molecule has 0 atom stereocenters. The van der Waals surface area contributed by atoms with Gasteiger partial charge in [-0.15, -0.1) is 0 Å².